The Morgan fingerprint density at radius 2 is 1.74 bits per heavy atom. The second kappa shape index (κ2) is 7.51. The van der Waals surface area contributed by atoms with Crippen LogP contribution in [0.25, 0.3) is 0 Å². The first-order valence-corrected chi connectivity index (χ1v) is 11.1. The maximum absolute atomic E-state index is 6.15. The molecule has 1 aromatic carbocycles. The zero-order chi connectivity index (χ0) is 14.4. The first-order valence-electron chi connectivity index (χ1n) is 7.08. The summed E-state index contributed by atoms with van der Waals surface area (Å²) in [6, 6.07) is 10.7. The van der Waals surface area contributed by atoms with Crippen LogP contribution in [0.3, 0.4) is 0 Å². The van der Waals surface area contributed by atoms with Crippen LogP contribution < -0.4 is 0 Å². The molecule has 0 fully saturated rings. The summed E-state index contributed by atoms with van der Waals surface area (Å²) >= 11 is 1.93. The molecule has 0 bridgehead atoms. The van der Waals surface area contributed by atoms with E-state index in [2.05, 4.69) is 64.2 Å². The van der Waals surface area contributed by atoms with Crippen molar-refractivity contribution in [2.75, 3.05) is 11.7 Å². The lowest BCUT2D eigenvalue weighted by Gasteiger charge is -2.35. The maximum Gasteiger partial charge on any atom is 0.193 e. The Kier molecular flexibility index (Phi) is 6.64. The van der Waals surface area contributed by atoms with Crippen molar-refractivity contribution < 1.29 is 4.43 Å². The summed E-state index contributed by atoms with van der Waals surface area (Å²) in [7, 11) is -1.55. The lowest BCUT2D eigenvalue weighted by molar-refractivity contribution is 0.354. The second-order valence-electron chi connectivity index (χ2n) is 6.52. The average molecular weight is 297 g/mol. The van der Waals surface area contributed by atoms with Crippen molar-refractivity contribution in [3.8, 4) is 0 Å². The summed E-state index contributed by atoms with van der Waals surface area (Å²) in [5.41, 5.74) is 1.44. The van der Waals surface area contributed by atoms with E-state index in [0.29, 0.717) is 5.04 Å². The molecule has 0 atom stereocenters. The average Bonchev–Trinajstić information content (AvgIpc) is 2.33. The molecule has 0 amide bonds. The van der Waals surface area contributed by atoms with Crippen LogP contribution in [0, 0.1) is 0 Å². The van der Waals surface area contributed by atoms with Gasteiger partial charge in [-0.15, -0.1) is 11.8 Å². The van der Waals surface area contributed by atoms with Crippen molar-refractivity contribution in [1.82, 2.24) is 0 Å². The Morgan fingerprint density at radius 1 is 1.11 bits per heavy atom. The van der Waals surface area contributed by atoms with Gasteiger partial charge in [-0.25, -0.2) is 0 Å². The quantitative estimate of drug-likeness (QED) is 0.382. The highest BCUT2D eigenvalue weighted by atomic mass is 32.2. The molecular weight excluding hydrogens is 268 g/mol. The molecule has 0 spiro atoms. The largest absolute Gasteiger partial charge is 0.408 e. The highest BCUT2D eigenvalue weighted by Crippen LogP contribution is 2.36. The van der Waals surface area contributed by atoms with Gasteiger partial charge in [0, 0.05) is 0 Å². The molecule has 0 unspecified atom stereocenters. The molecule has 0 N–H and O–H groups in total. The normalized spacial score (nSPS) is 12.7. The minimum absolute atomic E-state index is 0.317. The smallest absolute Gasteiger partial charge is 0.193 e. The molecule has 3 heteroatoms. The van der Waals surface area contributed by atoms with E-state index in [9.17, 15) is 0 Å². The Morgan fingerprint density at radius 3 is 2.32 bits per heavy atom. The van der Waals surface area contributed by atoms with Crippen LogP contribution in [0.2, 0.25) is 18.1 Å². The van der Waals surface area contributed by atoms with Crippen LogP contribution in [-0.4, -0.2) is 20.0 Å². The molecule has 108 valence electrons. The molecule has 0 radical (unpaired) electrons. The van der Waals surface area contributed by atoms with Crippen LogP contribution in [0.5, 0.6) is 0 Å². The van der Waals surface area contributed by atoms with E-state index in [1.54, 1.807) is 0 Å². The molecule has 0 aromatic heterocycles. The third-order valence-electron chi connectivity index (χ3n) is 3.91. The number of thioether (sulfide) groups is 1. The highest BCUT2D eigenvalue weighted by molar-refractivity contribution is 7.99. The van der Waals surface area contributed by atoms with Gasteiger partial charge in [-0.2, -0.15) is 0 Å². The summed E-state index contributed by atoms with van der Waals surface area (Å²) in [6.45, 7) is 11.5. The van der Waals surface area contributed by atoms with Crippen molar-refractivity contribution in [1.29, 1.82) is 0 Å². The molecule has 1 rings (SSSR count). The van der Waals surface area contributed by atoms with Gasteiger partial charge in [-0.3, -0.25) is 0 Å². The van der Waals surface area contributed by atoms with Crippen molar-refractivity contribution in [3.05, 3.63) is 35.9 Å². The molecule has 0 heterocycles. The zero-order valence-corrected chi connectivity index (χ0v) is 14.8. The van der Waals surface area contributed by atoms with Gasteiger partial charge < -0.3 is 4.43 Å². The first-order chi connectivity index (χ1) is 8.83. The third-order valence-corrected chi connectivity index (χ3v) is 9.46. The highest BCUT2D eigenvalue weighted by Gasteiger charge is 2.36. The van der Waals surface area contributed by atoms with Gasteiger partial charge in [-0.1, -0.05) is 51.1 Å². The van der Waals surface area contributed by atoms with Gasteiger partial charge in [-0.05, 0) is 42.3 Å². The SMILES string of the molecule is CC(C)(C)[Si](C)(C)OCSCCCc1ccccc1. The molecule has 0 saturated carbocycles. The predicted octanol–water partition coefficient (Wildman–Crippen LogP) is 5.33. The lowest BCUT2D eigenvalue weighted by Crippen LogP contribution is -2.40. The van der Waals surface area contributed by atoms with Gasteiger partial charge in [0.2, 0.25) is 0 Å². The van der Waals surface area contributed by atoms with Gasteiger partial charge in [0.05, 0.1) is 5.94 Å². The second-order valence-corrected chi connectivity index (χ2v) is 12.4. The first kappa shape index (κ1) is 16.8. The van der Waals surface area contributed by atoms with Crippen LogP contribution in [0.15, 0.2) is 30.3 Å². The Balaban J connectivity index is 2.12. The van der Waals surface area contributed by atoms with Crippen LogP contribution >= 0.6 is 11.8 Å². The minimum atomic E-state index is -1.55. The fourth-order valence-electron chi connectivity index (χ4n) is 1.49. The number of rotatable bonds is 7. The summed E-state index contributed by atoms with van der Waals surface area (Å²) in [5, 5.41) is 0.317. The number of benzene rings is 1. The van der Waals surface area contributed by atoms with E-state index in [-0.39, 0.29) is 0 Å². The van der Waals surface area contributed by atoms with E-state index < -0.39 is 8.32 Å². The van der Waals surface area contributed by atoms with Gasteiger partial charge in [0.25, 0.3) is 0 Å². The standard InChI is InChI=1S/C16H28OSSi/c1-16(2,3)19(4,5)17-14-18-13-9-12-15-10-7-6-8-11-15/h6-8,10-11H,9,12-14H2,1-5H3. The lowest BCUT2D eigenvalue weighted by atomic mass is 10.1. The van der Waals surface area contributed by atoms with E-state index in [4.69, 9.17) is 4.43 Å². The van der Waals surface area contributed by atoms with Crippen molar-refractivity contribution in [2.45, 2.75) is 51.7 Å². The third kappa shape index (κ3) is 6.15. The van der Waals surface area contributed by atoms with Crippen LogP contribution in [0.4, 0.5) is 0 Å². The Hall–Kier alpha value is -0.253. The molecular formula is C16H28OSSi. The van der Waals surface area contributed by atoms with E-state index >= 15 is 0 Å². The molecule has 1 aromatic rings. The predicted molar refractivity (Wildman–Crippen MR) is 90.4 cm³/mol. The number of hydrogen-bond acceptors (Lipinski definition) is 2. The number of hydrogen-bond donors (Lipinski definition) is 0. The zero-order valence-electron chi connectivity index (χ0n) is 13.0. The minimum Gasteiger partial charge on any atom is -0.408 e. The molecule has 19 heavy (non-hydrogen) atoms. The fourth-order valence-corrected chi connectivity index (χ4v) is 3.90. The van der Waals surface area contributed by atoms with Gasteiger partial charge in [0.15, 0.2) is 8.32 Å². The van der Waals surface area contributed by atoms with Crippen LogP contribution in [0.1, 0.15) is 32.8 Å². The summed E-state index contributed by atoms with van der Waals surface area (Å²) < 4.78 is 6.15. The maximum atomic E-state index is 6.15. The molecule has 0 saturated heterocycles. The van der Waals surface area contributed by atoms with Crippen molar-refractivity contribution >= 4 is 20.1 Å². The molecule has 0 aliphatic heterocycles. The van der Waals surface area contributed by atoms with E-state index in [0.717, 1.165) is 5.94 Å². The molecule has 0 aliphatic rings. The van der Waals surface area contributed by atoms with Crippen LogP contribution in [-0.2, 0) is 10.8 Å². The Labute approximate surface area is 124 Å². The summed E-state index contributed by atoms with van der Waals surface area (Å²) in [5.74, 6) is 2.04. The summed E-state index contributed by atoms with van der Waals surface area (Å²) in [6.07, 6.45) is 2.41. The van der Waals surface area contributed by atoms with E-state index in [1.165, 1.54) is 24.2 Å². The van der Waals surface area contributed by atoms with Gasteiger partial charge >= 0.3 is 0 Å². The topological polar surface area (TPSA) is 9.23 Å². The monoisotopic (exact) mass is 296 g/mol. The summed E-state index contributed by atoms with van der Waals surface area (Å²) in [4.78, 5) is 0. The van der Waals surface area contributed by atoms with Crippen molar-refractivity contribution in [3.63, 3.8) is 0 Å². The molecule has 1 nitrogen and oxygen atoms in total. The molecule has 0 aliphatic carbocycles. The van der Waals surface area contributed by atoms with Gasteiger partial charge in [0.1, 0.15) is 0 Å². The fraction of sp³-hybridized carbons (Fsp3) is 0.625. The Bertz CT molecular complexity index is 357. The van der Waals surface area contributed by atoms with Crippen molar-refractivity contribution in [2.24, 2.45) is 0 Å². The number of aryl methyl sites for hydroxylation is 1. The van der Waals surface area contributed by atoms with E-state index in [1.807, 2.05) is 11.8 Å².